The normalized spacial score (nSPS) is 11.8. The van der Waals surface area contributed by atoms with Crippen LogP contribution in [-0.2, 0) is 9.59 Å². The predicted octanol–water partition coefficient (Wildman–Crippen LogP) is 1.17. The Bertz CT molecular complexity index is 379. The molecular weight excluding hydrogens is 220 g/mol. The van der Waals surface area contributed by atoms with Gasteiger partial charge in [-0.3, -0.25) is 14.6 Å². The lowest BCUT2D eigenvalue weighted by Crippen LogP contribution is -2.24. The number of carboxylic acid groups (broad SMARTS) is 1. The van der Waals surface area contributed by atoms with Gasteiger partial charge in [0.2, 0.25) is 5.91 Å². The van der Waals surface area contributed by atoms with Crippen LogP contribution in [0.5, 0.6) is 0 Å². The van der Waals surface area contributed by atoms with Gasteiger partial charge in [-0.05, 0) is 25.0 Å². The van der Waals surface area contributed by atoms with E-state index in [0.29, 0.717) is 12.1 Å². The second-order valence-corrected chi connectivity index (χ2v) is 3.67. The number of carbonyl (C=O) groups excluding carboxylic acids is 1. The molecule has 1 atom stereocenters. The molecule has 1 aromatic rings. The molecule has 1 amide bonds. The van der Waals surface area contributed by atoms with Crippen molar-refractivity contribution >= 4 is 11.9 Å². The minimum absolute atomic E-state index is 0.123. The van der Waals surface area contributed by atoms with Crippen molar-refractivity contribution in [2.24, 2.45) is 0 Å². The molecule has 0 aromatic carbocycles. The fraction of sp³-hybridized carbons (Fsp3) is 0.417. The van der Waals surface area contributed by atoms with Crippen LogP contribution in [0.2, 0.25) is 0 Å². The summed E-state index contributed by atoms with van der Waals surface area (Å²) in [5.74, 6) is -1.73. The molecule has 1 unspecified atom stereocenters. The minimum Gasteiger partial charge on any atom is -0.481 e. The highest BCUT2D eigenvalue weighted by Gasteiger charge is 2.20. The summed E-state index contributed by atoms with van der Waals surface area (Å²) in [6.07, 6.45) is 3.61. The van der Waals surface area contributed by atoms with E-state index in [1.54, 1.807) is 18.3 Å². The molecule has 2 N–H and O–H groups in total. The van der Waals surface area contributed by atoms with E-state index >= 15 is 0 Å². The van der Waals surface area contributed by atoms with E-state index in [1.807, 2.05) is 6.92 Å². The molecule has 5 heteroatoms. The zero-order valence-electron chi connectivity index (χ0n) is 9.72. The van der Waals surface area contributed by atoms with Crippen molar-refractivity contribution in [2.75, 3.05) is 6.54 Å². The third-order valence-corrected chi connectivity index (χ3v) is 2.42. The van der Waals surface area contributed by atoms with E-state index in [4.69, 9.17) is 5.11 Å². The van der Waals surface area contributed by atoms with Crippen LogP contribution >= 0.6 is 0 Å². The van der Waals surface area contributed by atoms with Gasteiger partial charge in [0, 0.05) is 25.4 Å². The number of hydrogen-bond donors (Lipinski definition) is 2. The van der Waals surface area contributed by atoms with Crippen LogP contribution in [0, 0.1) is 0 Å². The van der Waals surface area contributed by atoms with Gasteiger partial charge in [0.25, 0.3) is 0 Å². The SMILES string of the molecule is CCNC(=O)CCC(C(=O)O)c1cccnc1. The van der Waals surface area contributed by atoms with Crippen LogP contribution in [0.3, 0.4) is 0 Å². The van der Waals surface area contributed by atoms with Gasteiger partial charge in [0.15, 0.2) is 0 Å². The van der Waals surface area contributed by atoms with Crippen molar-refractivity contribution < 1.29 is 14.7 Å². The third kappa shape index (κ3) is 4.22. The Morgan fingerprint density at radius 1 is 1.53 bits per heavy atom. The number of amides is 1. The summed E-state index contributed by atoms with van der Waals surface area (Å²) in [6.45, 7) is 2.39. The topological polar surface area (TPSA) is 79.3 Å². The molecule has 0 saturated carbocycles. The van der Waals surface area contributed by atoms with Crippen LogP contribution in [0.25, 0.3) is 0 Å². The number of pyridine rings is 1. The summed E-state index contributed by atoms with van der Waals surface area (Å²) >= 11 is 0. The van der Waals surface area contributed by atoms with E-state index < -0.39 is 11.9 Å². The molecule has 1 aromatic heterocycles. The molecular formula is C12H16N2O3. The molecule has 0 fully saturated rings. The summed E-state index contributed by atoms with van der Waals surface area (Å²) in [5, 5.41) is 11.8. The number of carboxylic acids is 1. The Kier molecular flexibility index (Phi) is 5.13. The molecule has 0 saturated heterocycles. The number of aliphatic carboxylic acids is 1. The lowest BCUT2D eigenvalue weighted by atomic mass is 9.95. The second-order valence-electron chi connectivity index (χ2n) is 3.67. The van der Waals surface area contributed by atoms with Crippen molar-refractivity contribution in [1.82, 2.24) is 10.3 Å². The lowest BCUT2D eigenvalue weighted by Gasteiger charge is -2.11. The number of hydrogen-bond acceptors (Lipinski definition) is 3. The van der Waals surface area contributed by atoms with E-state index in [-0.39, 0.29) is 18.7 Å². The Morgan fingerprint density at radius 2 is 2.29 bits per heavy atom. The number of carbonyl (C=O) groups is 2. The van der Waals surface area contributed by atoms with Crippen LogP contribution in [0.1, 0.15) is 31.2 Å². The van der Waals surface area contributed by atoms with Gasteiger partial charge in [0.05, 0.1) is 5.92 Å². The highest BCUT2D eigenvalue weighted by atomic mass is 16.4. The third-order valence-electron chi connectivity index (χ3n) is 2.42. The number of nitrogens with zero attached hydrogens (tertiary/aromatic N) is 1. The Balaban J connectivity index is 2.62. The smallest absolute Gasteiger partial charge is 0.311 e. The van der Waals surface area contributed by atoms with Gasteiger partial charge < -0.3 is 10.4 Å². The van der Waals surface area contributed by atoms with Crippen molar-refractivity contribution in [3.63, 3.8) is 0 Å². The molecule has 5 nitrogen and oxygen atoms in total. The second kappa shape index (κ2) is 6.62. The van der Waals surface area contributed by atoms with Gasteiger partial charge in [-0.1, -0.05) is 6.07 Å². The first-order valence-electron chi connectivity index (χ1n) is 5.54. The van der Waals surface area contributed by atoms with Gasteiger partial charge in [-0.2, -0.15) is 0 Å². The summed E-state index contributed by atoms with van der Waals surface area (Å²) < 4.78 is 0. The molecule has 0 aliphatic heterocycles. The molecule has 17 heavy (non-hydrogen) atoms. The van der Waals surface area contributed by atoms with Gasteiger partial charge in [0.1, 0.15) is 0 Å². The predicted molar refractivity (Wildman–Crippen MR) is 62.5 cm³/mol. The molecule has 0 aliphatic rings. The molecule has 0 spiro atoms. The average Bonchev–Trinajstić information content (AvgIpc) is 2.30. The summed E-state index contributed by atoms with van der Waals surface area (Å²) in [7, 11) is 0. The van der Waals surface area contributed by atoms with Crippen molar-refractivity contribution in [1.29, 1.82) is 0 Å². The molecule has 1 rings (SSSR count). The average molecular weight is 236 g/mol. The van der Waals surface area contributed by atoms with Gasteiger partial charge in [-0.25, -0.2) is 0 Å². The Hall–Kier alpha value is -1.91. The standard InChI is InChI=1S/C12H16N2O3/c1-2-14-11(15)6-5-10(12(16)17)9-4-3-7-13-8-9/h3-4,7-8,10H,2,5-6H2,1H3,(H,14,15)(H,16,17). The fourth-order valence-electron chi connectivity index (χ4n) is 1.58. The van der Waals surface area contributed by atoms with Crippen LogP contribution in [-0.4, -0.2) is 28.5 Å². The van der Waals surface area contributed by atoms with Crippen LogP contribution in [0.15, 0.2) is 24.5 Å². The summed E-state index contributed by atoms with van der Waals surface area (Å²) in [4.78, 5) is 26.3. The first-order valence-corrected chi connectivity index (χ1v) is 5.54. The quantitative estimate of drug-likeness (QED) is 0.777. The van der Waals surface area contributed by atoms with E-state index in [0.717, 1.165) is 0 Å². The summed E-state index contributed by atoms with van der Waals surface area (Å²) in [5.41, 5.74) is 0.629. The minimum atomic E-state index is -0.928. The van der Waals surface area contributed by atoms with Crippen LogP contribution < -0.4 is 5.32 Å². The number of aromatic nitrogens is 1. The lowest BCUT2D eigenvalue weighted by molar-refractivity contribution is -0.139. The largest absolute Gasteiger partial charge is 0.481 e. The first-order chi connectivity index (χ1) is 8.15. The van der Waals surface area contributed by atoms with Crippen molar-refractivity contribution in [3.05, 3.63) is 30.1 Å². The molecule has 1 heterocycles. The molecule has 0 bridgehead atoms. The highest BCUT2D eigenvalue weighted by molar-refractivity contribution is 5.79. The number of rotatable bonds is 6. The monoisotopic (exact) mass is 236 g/mol. The van der Waals surface area contributed by atoms with E-state index in [1.165, 1.54) is 6.20 Å². The first kappa shape index (κ1) is 13.2. The Morgan fingerprint density at radius 3 is 2.82 bits per heavy atom. The maximum atomic E-state index is 11.3. The van der Waals surface area contributed by atoms with E-state index in [2.05, 4.69) is 10.3 Å². The molecule has 0 aliphatic carbocycles. The maximum absolute atomic E-state index is 11.3. The van der Waals surface area contributed by atoms with Gasteiger partial charge in [-0.15, -0.1) is 0 Å². The molecule has 92 valence electrons. The van der Waals surface area contributed by atoms with E-state index in [9.17, 15) is 9.59 Å². The van der Waals surface area contributed by atoms with Crippen molar-refractivity contribution in [2.45, 2.75) is 25.7 Å². The zero-order valence-corrected chi connectivity index (χ0v) is 9.72. The maximum Gasteiger partial charge on any atom is 0.311 e. The summed E-state index contributed by atoms with van der Waals surface area (Å²) in [6, 6.07) is 3.40. The Labute approximate surface area is 99.9 Å². The zero-order chi connectivity index (χ0) is 12.7. The molecule has 0 radical (unpaired) electrons. The van der Waals surface area contributed by atoms with Gasteiger partial charge >= 0.3 is 5.97 Å². The number of nitrogens with one attached hydrogen (secondary N) is 1. The fourth-order valence-corrected chi connectivity index (χ4v) is 1.58. The highest BCUT2D eigenvalue weighted by Crippen LogP contribution is 2.20. The van der Waals surface area contributed by atoms with Crippen molar-refractivity contribution in [3.8, 4) is 0 Å². The van der Waals surface area contributed by atoms with Crippen LogP contribution in [0.4, 0.5) is 0 Å².